The number of carbonyl (C=O) groups excluding carboxylic acids is 2. The van der Waals surface area contributed by atoms with E-state index in [9.17, 15) is 14.4 Å². The Hall–Kier alpha value is -1.67. The van der Waals surface area contributed by atoms with E-state index in [1.165, 1.54) is 4.90 Å². The van der Waals surface area contributed by atoms with Crippen molar-refractivity contribution < 1.29 is 29.0 Å². The monoisotopic (exact) mass is 274 g/mol. The molecule has 1 rings (SSSR count). The number of carbonyl (C=O) groups is 3. The van der Waals surface area contributed by atoms with Crippen molar-refractivity contribution in [1.29, 1.82) is 0 Å². The molecule has 19 heavy (non-hydrogen) atoms. The van der Waals surface area contributed by atoms with Crippen LogP contribution in [0.15, 0.2) is 0 Å². The number of aliphatic carboxylic acids is 1. The summed E-state index contributed by atoms with van der Waals surface area (Å²) in [6.45, 7) is -0.0305. The van der Waals surface area contributed by atoms with Gasteiger partial charge in [0.15, 0.2) is 0 Å². The lowest BCUT2D eigenvalue weighted by Gasteiger charge is -2.31. The first-order valence-electron chi connectivity index (χ1n) is 5.94. The number of hydrogen-bond donors (Lipinski definition) is 2. The number of amides is 3. The van der Waals surface area contributed by atoms with Gasteiger partial charge in [-0.25, -0.2) is 9.59 Å². The van der Waals surface area contributed by atoms with Gasteiger partial charge < -0.3 is 19.5 Å². The number of urea groups is 1. The standard InChI is InChI=1S/C11H18N2O6/c1-18-8-3-2-4-13(5-8)11(17)12-9(14)6-19-7-10(15)16/h8H,2-7H2,1H3,(H,15,16)(H,12,14,17). The zero-order valence-corrected chi connectivity index (χ0v) is 10.8. The van der Waals surface area contributed by atoms with Crippen LogP contribution in [0, 0.1) is 0 Å². The van der Waals surface area contributed by atoms with E-state index in [2.05, 4.69) is 10.1 Å². The number of carboxylic acids is 1. The Morgan fingerprint density at radius 1 is 1.37 bits per heavy atom. The summed E-state index contributed by atoms with van der Waals surface area (Å²) in [5.74, 6) is -1.83. The Balaban J connectivity index is 2.29. The van der Waals surface area contributed by atoms with Crippen LogP contribution < -0.4 is 5.32 Å². The quantitative estimate of drug-likeness (QED) is 0.696. The van der Waals surface area contributed by atoms with Crippen LogP contribution in [-0.2, 0) is 19.1 Å². The summed E-state index contributed by atoms with van der Waals surface area (Å²) < 4.78 is 9.75. The second kappa shape index (κ2) is 7.70. The van der Waals surface area contributed by atoms with Crippen LogP contribution in [0.2, 0.25) is 0 Å². The average Bonchev–Trinajstić information content (AvgIpc) is 2.38. The van der Waals surface area contributed by atoms with Crippen LogP contribution in [0.5, 0.6) is 0 Å². The second-order valence-corrected chi connectivity index (χ2v) is 4.19. The molecule has 0 spiro atoms. The molecule has 2 N–H and O–H groups in total. The molecule has 0 aromatic rings. The minimum atomic E-state index is -1.17. The molecular weight excluding hydrogens is 256 g/mol. The van der Waals surface area contributed by atoms with Crippen molar-refractivity contribution in [3.63, 3.8) is 0 Å². The SMILES string of the molecule is COC1CCCN(C(=O)NC(=O)COCC(=O)O)C1. The van der Waals surface area contributed by atoms with Crippen molar-refractivity contribution >= 4 is 17.9 Å². The number of ether oxygens (including phenoxy) is 2. The molecule has 1 aliphatic rings. The van der Waals surface area contributed by atoms with Gasteiger partial charge in [0.2, 0.25) is 0 Å². The number of methoxy groups -OCH3 is 1. The Bertz CT molecular complexity index is 346. The number of rotatable bonds is 5. The first-order valence-corrected chi connectivity index (χ1v) is 5.94. The average molecular weight is 274 g/mol. The molecule has 8 heteroatoms. The van der Waals surface area contributed by atoms with E-state index >= 15 is 0 Å². The molecule has 0 aromatic carbocycles. The van der Waals surface area contributed by atoms with Gasteiger partial charge in [0.1, 0.15) is 13.2 Å². The molecule has 1 saturated heterocycles. The normalized spacial score (nSPS) is 19.0. The minimum absolute atomic E-state index is 0.0159. The number of imide groups is 1. The fraction of sp³-hybridized carbons (Fsp3) is 0.727. The lowest BCUT2D eigenvalue weighted by Crippen LogP contribution is -2.49. The number of hydrogen-bond acceptors (Lipinski definition) is 5. The zero-order valence-electron chi connectivity index (χ0n) is 10.8. The molecule has 108 valence electrons. The first-order chi connectivity index (χ1) is 9.02. The summed E-state index contributed by atoms with van der Waals surface area (Å²) in [6, 6.07) is -0.509. The number of likely N-dealkylation sites (tertiary alicyclic amines) is 1. The molecule has 0 aromatic heterocycles. The van der Waals surface area contributed by atoms with Gasteiger partial charge in [-0.2, -0.15) is 0 Å². The van der Waals surface area contributed by atoms with Crippen LogP contribution in [0.3, 0.4) is 0 Å². The van der Waals surface area contributed by atoms with E-state index in [1.807, 2.05) is 0 Å². The van der Waals surface area contributed by atoms with Crippen molar-refractivity contribution in [3.05, 3.63) is 0 Å². The van der Waals surface area contributed by atoms with Gasteiger partial charge in [0.25, 0.3) is 5.91 Å². The smallest absolute Gasteiger partial charge is 0.329 e. The highest BCUT2D eigenvalue weighted by molar-refractivity contribution is 5.95. The molecule has 0 aliphatic carbocycles. The molecule has 3 amide bonds. The van der Waals surface area contributed by atoms with Gasteiger partial charge in [-0.05, 0) is 12.8 Å². The molecule has 1 aliphatic heterocycles. The Kier molecular flexibility index (Phi) is 6.23. The van der Waals surface area contributed by atoms with Gasteiger partial charge in [-0.3, -0.25) is 10.1 Å². The van der Waals surface area contributed by atoms with E-state index < -0.39 is 31.1 Å². The third-order valence-electron chi connectivity index (χ3n) is 2.70. The second-order valence-electron chi connectivity index (χ2n) is 4.19. The molecule has 1 unspecified atom stereocenters. The van der Waals surface area contributed by atoms with E-state index in [0.29, 0.717) is 13.1 Å². The van der Waals surface area contributed by atoms with Crippen LogP contribution in [0.25, 0.3) is 0 Å². The summed E-state index contributed by atoms with van der Waals surface area (Å²) in [5, 5.41) is 10.5. The summed E-state index contributed by atoms with van der Waals surface area (Å²) in [7, 11) is 1.58. The summed E-state index contributed by atoms with van der Waals surface area (Å²) in [6.07, 6.45) is 1.68. The van der Waals surface area contributed by atoms with Crippen molar-refractivity contribution in [2.75, 3.05) is 33.4 Å². The molecule has 1 fully saturated rings. The number of nitrogens with one attached hydrogen (secondary N) is 1. The maximum Gasteiger partial charge on any atom is 0.329 e. The van der Waals surface area contributed by atoms with Gasteiger partial charge >= 0.3 is 12.0 Å². The molecule has 1 atom stereocenters. The van der Waals surface area contributed by atoms with Crippen LogP contribution >= 0.6 is 0 Å². The van der Waals surface area contributed by atoms with E-state index in [4.69, 9.17) is 9.84 Å². The summed E-state index contributed by atoms with van der Waals surface area (Å²) in [4.78, 5) is 34.7. The highest BCUT2D eigenvalue weighted by Crippen LogP contribution is 2.12. The topological polar surface area (TPSA) is 105 Å². The Morgan fingerprint density at radius 2 is 2.11 bits per heavy atom. The molecule has 0 bridgehead atoms. The number of carboxylic acid groups (broad SMARTS) is 1. The Labute approximate surface area is 110 Å². The number of piperidine rings is 1. The predicted octanol–water partition coefficient (Wildman–Crippen LogP) is -0.565. The lowest BCUT2D eigenvalue weighted by molar-refractivity contribution is -0.143. The number of nitrogens with zero attached hydrogens (tertiary/aromatic N) is 1. The van der Waals surface area contributed by atoms with Crippen molar-refractivity contribution in [2.45, 2.75) is 18.9 Å². The van der Waals surface area contributed by atoms with Crippen molar-refractivity contribution in [3.8, 4) is 0 Å². The van der Waals surface area contributed by atoms with E-state index in [0.717, 1.165) is 12.8 Å². The molecule has 1 heterocycles. The predicted molar refractivity (Wildman–Crippen MR) is 63.6 cm³/mol. The van der Waals surface area contributed by atoms with Crippen LogP contribution in [0.4, 0.5) is 4.79 Å². The summed E-state index contributed by atoms with van der Waals surface area (Å²) in [5.41, 5.74) is 0. The Morgan fingerprint density at radius 3 is 2.74 bits per heavy atom. The van der Waals surface area contributed by atoms with E-state index in [-0.39, 0.29) is 6.10 Å². The van der Waals surface area contributed by atoms with E-state index in [1.54, 1.807) is 7.11 Å². The third-order valence-corrected chi connectivity index (χ3v) is 2.70. The maximum atomic E-state index is 11.7. The lowest BCUT2D eigenvalue weighted by atomic mass is 10.1. The largest absolute Gasteiger partial charge is 0.480 e. The highest BCUT2D eigenvalue weighted by atomic mass is 16.5. The van der Waals surface area contributed by atoms with Crippen LogP contribution in [-0.4, -0.2) is 67.4 Å². The molecular formula is C11H18N2O6. The first kappa shape index (κ1) is 15.4. The molecule has 0 saturated carbocycles. The molecule has 0 radical (unpaired) electrons. The molecule has 8 nitrogen and oxygen atoms in total. The minimum Gasteiger partial charge on any atom is -0.480 e. The zero-order chi connectivity index (χ0) is 14.3. The van der Waals surface area contributed by atoms with Gasteiger partial charge in [0, 0.05) is 20.2 Å². The van der Waals surface area contributed by atoms with Crippen molar-refractivity contribution in [1.82, 2.24) is 10.2 Å². The van der Waals surface area contributed by atoms with Gasteiger partial charge in [-0.1, -0.05) is 0 Å². The fourth-order valence-electron chi connectivity index (χ4n) is 1.78. The third kappa shape index (κ3) is 5.66. The van der Waals surface area contributed by atoms with Gasteiger partial charge in [0.05, 0.1) is 6.10 Å². The van der Waals surface area contributed by atoms with Crippen molar-refractivity contribution in [2.24, 2.45) is 0 Å². The van der Waals surface area contributed by atoms with Gasteiger partial charge in [-0.15, -0.1) is 0 Å². The summed E-state index contributed by atoms with van der Waals surface area (Å²) >= 11 is 0. The maximum absolute atomic E-state index is 11.7. The van der Waals surface area contributed by atoms with Crippen LogP contribution in [0.1, 0.15) is 12.8 Å². The fourth-order valence-corrected chi connectivity index (χ4v) is 1.78. The highest BCUT2D eigenvalue weighted by Gasteiger charge is 2.24.